The molecule has 1 heterocycles. The number of epoxide rings is 1. The Morgan fingerprint density at radius 3 is 2.40 bits per heavy atom. The molecular formula is C17H18O2S. The molecule has 0 bridgehead atoms. The summed E-state index contributed by atoms with van der Waals surface area (Å²) in [5.74, 6) is 0. The highest BCUT2D eigenvalue weighted by Crippen LogP contribution is 2.29. The van der Waals surface area contributed by atoms with E-state index in [1.807, 2.05) is 6.07 Å². The standard InChI is InChI=1S/C17H18O2S/c1-13(18-11-15-12-19-15)14-7-9-17(10-8-14)20-16-5-3-2-4-6-16/h2-10,13,15H,11-12H2,1H3. The van der Waals surface area contributed by atoms with Crippen molar-refractivity contribution in [2.75, 3.05) is 13.2 Å². The van der Waals surface area contributed by atoms with Gasteiger partial charge in [-0.2, -0.15) is 0 Å². The van der Waals surface area contributed by atoms with Crippen molar-refractivity contribution < 1.29 is 9.47 Å². The first-order valence-corrected chi connectivity index (χ1v) is 7.69. The summed E-state index contributed by atoms with van der Waals surface area (Å²) >= 11 is 1.78. The molecular weight excluding hydrogens is 268 g/mol. The van der Waals surface area contributed by atoms with Crippen molar-refractivity contribution in [3.05, 3.63) is 60.2 Å². The molecule has 0 aliphatic carbocycles. The first-order valence-electron chi connectivity index (χ1n) is 6.87. The van der Waals surface area contributed by atoms with Crippen LogP contribution in [0.1, 0.15) is 18.6 Å². The fourth-order valence-corrected chi connectivity index (χ4v) is 2.78. The minimum atomic E-state index is 0.120. The summed E-state index contributed by atoms with van der Waals surface area (Å²) in [5, 5.41) is 0. The average molecular weight is 286 g/mol. The van der Waals surface area contributed by atoms with Gasteiger partial charge in [-0.1, -0.05) is 42.1 Å². The molecule has 2 nitrogen and oxygen atoms in total. The van der Waals surface area contributed by atoms with E-state index < -0.39 is 0 Å². The van der Waals surface area contributed by atoms with Gasteiger partial charge in [0.05, 0.1) is 19.3 Å². The largest absolute Gasteiger partial charge is 0.371 e. The number of hydrogen-bond acceptors (Lipinski definition) is 3. The first kappa shape index (κ1) is 13.7. The molecule has 2 aromatic carbocycles. The van der Waals surface area contributed by atoms with Crippen molar-refractivity contribution in [3.63, 3.8) is 0 Å². The highest BCUT2D eigenvalue weighted by atomic mass is 32.2. The number of benzene rings is 2. The monoisotopic (exact) mass is 286 g/mol. The van der Waals surface area contributed by atoms with Gasteiger partial charge in [0.2, 0.25) is 0 Å². The zero-order valence-corrected chi connectivity index (χ0v) is 12.3. The van der Waals surface area contributed by atoms with E-state index in [1.54, 1.807) is 11.8 Å². The third-order valence-corrected chi connectivity index (χ3v) is 4.28. The highest BCUT2D eigenvalue weighted by molar-refractivity contribution is 7.99. The van der Waals surface area contributed by atoms with Crippen molar-refractivity contribution in [2.24, 2.45) is 0 Å². The summed E-state index contributed by atoms with van der Waals surface area (Å²) < 4.78 is 10.9. The minimum absolute atomic E-state index is 0.120. The van der Waals surface area contributed by atoms with Gasteiger partial charge in [0.25, 0.3) is 0 Å². The van der Waals surface area contributed by atoms with Gasteiger partial charge in [-0.25, -0.2) is 0 Å². The van der Waals surface area contributed by atoms with E-state index >= 15 is 0 Å². The van der Waals surface area contributed by atoms with Crippen LogP contribution in [0, 0.1) is 0 Å². The van der Waals surface area contributed by atoms with Crippen LogP contribution in [0.5, 0.6) is 0 Å². The number of hydrogen-bond donors (Lipinski definition) is 0. The highest BCUT2D eigenvalue weighted by Gasteiger charge is 2.23. The smallest absolute Gasteiger partial charge is 0.104 e. The van der Waals surface area contributed by atoms with Crippen LogP contribution in [0.25, 0.3) is 0 Å². The second-order valence-corrected chi connectivity index (χ2v) is 6.06. The fraction of sp³-hybridized carbons (Fsp3) is 0.294. The van der Waals surface area contributed by atoms with Crippen molar-refractivity contribution in [1.82, 2.24) is 0 Å². The van der Waals surface area contributed by atoms with Crippen LogP contribution in [0.2, 0.25) is 0 Å². The zero-order chi connectivity index (χ0) is 13.8. The van der Waals surface area contributed by atoms with Crippen molar-refractivity contribution in [1.29, 1.82) is 0 Å². The van der Waals surface area contributed by atoms with Crippen LogP contribution >= 0.6 is 11.8 Å². The second kappa shape index (κ2) is 6.44. The van der Waals surface area contributed by atoms with E-state index in [2.05, 4.69) is 55.5 Å². The SMILES string of the molecule is CC(OCC1CO1)c1ccc(Sc2ccccc2)cc1. The third-order valence-electron chi connectivity index (χ3n) is 3.26. The van der Waals surface area contributed by atoms with E-state index in [0.29, 0.717) is 12.7 Å². The molecule has 2 atom stereocenters. The summed E-state index contributed by atoms with van der Waals surface area (Å²) in [6.45, 7) is 3.63. The van der Waals surface area contributed by atoms with Gasteiger partial charge in [-0.3, -0.25) is 0 Å². The van der Waals surface area contributed by atoms with Crippen LogP contribution in [0.15, 0.2) is 64.4 Å². The lowest BCUT2D eigenvalue weighted by Gasteiger charge is -2.13. The molecule has 2 aromatic rings. The Hall–Kier alpha value is -1.29. The average Bonchev–Trinajstić information content (AvgIpc) is 3.31. The summed E-state index contributed by atoms with van der Waals surface area (Å²) in [4.78, 5) is 2.51. The fourth-order valence-electron chi connectivity index (χ4n) is 1.94. The molecule has 0 aromatic heterocycles. The van der Waals surface area contributed by atoms with Gasteiger partial charge in [0.1, 0.15) is 6.10 Å². The summed E-state index contributed by atoms with van der Waals surface area (Å²) in [6, 6.07) is 19.0. The zero-order valence-electron chi connectivity index (χ0n) is 11.5. The van der Waals surface area contributed by atoms with Crippen molar-refractivity contribution >= 4 is 11.8 Å². The maximum Gasteiger partial charge on any atom is 0.104 e. The Labute approximate surface area is 124 Å². The van der Waals surface area contributed by atoms with Crippen LogP contribution in [-0.4, -0.2) is 19.3 Å². The van der Waals surface area contributed by atoms with E-state index in [4.69, 9.17) is 9.47 Å². The molecule has 1 aliphatic rings. The van der Waals surface area contributed by atoms with E-state index in [9.17, 15) is 0 Å². The van der Waals surface area contributed by atoms with Crippen LogP contribution < -0.4 is 0 Å². The molecule has 0 spiro atoms. The minimum Gasteiger partial charge on any atom is -0.371 e. The molecule has 0 amide bonds. The van der Waals surface area contributed by atoms with E-state index in [1.165, 1.54) is 15.4 Å². The predicted molar refractivity (Wildman–Crippen MR) is 81.1 cm³/mol. The molecule has 3 rings (SSSR count). The molecule has 2 unspecified atom stereocenters. The molecule has 1 saturated heterocycles. The molecule has 3 heteroatoms. The van der Waals surface area contributed by atoms with Crippen molar-refractivity contribution in [2.45, 2.75) is 28.9 Å². The van der Waals surface area contributed by atoms with Crippen molar-refractivity contribution in [3.8, 4) is 0 Å². The normalized spacial score (nSPS) is 18.8. The number of ether oxygens (including phenoxy) is 2. The van der Waals surface area contributed by atoms with Crippen LogP contribution in [-0.2, 0) is 9.47 Å². The summed E-state index contributed by atoms with van der Waals surface area (Å²) in [5.41, 5.74) is 1.21. The Morgan fingerprint density at radius 1 is 1.10 bits per heavy atom. The maximum atomic E-state index is 5.78. The van der Waals surface area contributed by atoms with E-state index in [0.717, 1.165) is 6.61 Å². The summed E-state index contributed by atoms with van der Waals surface area (Å²) in [7, 11) is 0. The molecule has 104 valence electrons. The molecule has 1 aliphatic heterocycles. The Balaban J connectivity index is 1.58. The Bertz CT molecular complexity index is 535. The topological polar surface area (TPSA) is 21.8 Å². The maximum absolute atomic E-state index is 5.78. The predicted octanol–water partition coefficient (Wildman–Crippen LogP) is 4.31. The van der Waals surface area contributed by atoms with Gasteiger partial charge < -0.3 is 9.47 Å². The van der Waals surface area contributed by atoms with Gasteiger partial charge in [-0.15, -0.1) is 0 Å². The second-order valence-electron chi connectivity index (χ2n) is 4.92. The molecule has 0 saturated carbocycles. The lowest BCUT2D eigenvalue weighted by Crippen LogP contribution is -2.05. The van der Waals surface area contributed by atoms with Crippen LogP contribution in [0.4, 0.5) is 0 Å². The third kappa shape index (κ3) is 3.85. The van der Waals surface area contributed by atoms with Gasteiger partial charge in [0, 0.05) is 9.79 Å². The Morgan fingerprint density at radius 2 is 1.75 bits per heavy atom. The Kier molecular flexibility index (Phi) is 4.41. The molecule has 0 radical (unpaired) electrons. The summed E-state index contributed by atoms with van der Waals surface area (Å²) in [6.07, 6.45) is 0.445. The van der Waals surface area contributed by atoms with Gasteiger partial charge in [-0.05, 0) is 36.8 Å². The molecule has 0 N–H and O–H groups in total. The van der Waals surface area contributed by atoms with Gasteiger partial charge in [0.15, 0.2) is 0 Å². The van der Waals surface area contributed by atoms with Crippen LogP contribution in [0.3, 0.4) is 0 Å². The quantitative estimate of drug-likeness (QED) is 0.738. The molecule has 1 fully saturated rings. The van der Waals surface area contributed by atoms with E-state index in [-0.39, 0.29) is 6.10 Å². The lowest BCUT2D eigenvalue weighted by atomic mass is 10.1. The molecule has 20 heavy (non-hydrogen) atoms. The first-order chi connectivity index (χ1) is 9.81. The van der Waals surface area contributed by atoms with Gasteiger partial charge >= 0.3 is 0 Å². The lowest BCUT2D eigenvalue weighted by molar-refractivity contribution is 0.0539. The number of rotatable bonds is 6.